The van der Waals surface area contributed by atoms with E-state index < -0.39 is 0 Å². The summed E-state index contributed by atoms with van der Waals surface area (Å²) in [6.45, 7) is 6.52. The molecule has 3 nitrogen and oxygen atoms in total. The van der Waals surface area contributed by atoms with Crippen LogP contribution in [0.25, 0.3) is 0 Å². The highest BCUT2D eigenvalue weighted by atomic mass is 35.5. The third-order valence-corrected chi connectivity index (χ3v) is 3.31. The van der Waals surface area contributed by atoms with Gasteiger partial charge in [0.05, 0.1) is 0 Å². The summed E-state index contributed by atoms with van der Waals surface area (Å²) in [5.74, 6) is -0.201. The van der Waals surface area contributed by atoms with Gasteiger partial charge in [0.2, 0.25) is 5.91 Å². The summed E-state index contributed by atoms with van der Waals surface area (Å²) >= 11 is 5.91. The van der Waals surface area contributed by atoms with Crippen molar-refractivity contribution in [3.63, 3.8) is 0 Å². The van der Waals surface area contributed by atoms with Gasteiger partial charge in [-0.15, -0.1) is 0 Å². The van der Waals surface area contributed by atoms with E-state index in [2.05, 4.69) is 5.32 Å². The van der Waals surface area contributed by atoms with Crippen molar-refractivity contribution in [2.45, 2.75) is 26.8 Å². The van der Waals surface area contributed by atoms with Crippen LogP contribution in [0.5, 0.6) is 0 Å². The highest BCUT2D eigenvalue weighted by molar-refractivity contribution is 6.31. The predicted octanol–water partition coefficient (Wildman–Crippen LogP) is 2.83. The smallest absolute Gasteiger partial charge is 0.223 e. The Morgan fingerprint density at radius 2 is 2.05 bits per heavy atom. The maximum absolute atomic E-state index is 12.9. The molecule has 0 saturated carbocycles. The third-order valence-electron chi connectivity index (χ3n) is 2.96. The summed E-state index contributed by atoms with van der Waals surface area (Å²) < 4.78 is 12.9. The zero-order chi connectivity index (χ0) is 14.3. The van der Waals surface area contributed by atoms with Gasteiger partial charge in [-0.3, -0.25) is 4.79 Å². The third kappa shape index (κ3) is 5.17. The molecule has 0 aliphatic heterocycles. The van der Waals surface area contributed by atoms with Crippen LogP contribution in [0.15, 0.2) is 18.2 Å². The topological polar surface area (TPSA) is 32.3 Å². The van der Waals surface area contributed by atoms with Crippen LogP contribution in [0.3, 0.4) is 0 Å². The maximum atomic E-state index is 12.9. The monoisotopic (exact) mass is 286 g/mol. The molecule has 0 aliphatic rings. The van der Waals surface area contributed by atoms with Gasteiger partial charge in [-0.1, -0.05) is 17.7 Å². The predicted molar refractivity (Wildman–Crippen MR) is 75.7 cm³/mol. The van der Waals surface area contributed by atoms with Crippen molar-refractivity contribution in [1.29, 1.82) is 0 Å². The average molecular weight is 287 g/mol. The molecule has 1 aromatic carbocycles. The number of carbonyl (C=O) groups excluding carboxylic acids is 1. The second-order valence-corrected chi connectivity index (χ2v) is 4.64. The second kappa shape index (κ2) is 8.12. The normalized spacial score (nSPS) is 10.5. The van der Waals surface area contributed by atoms with E-state index in [-0.39, 0.29) is 11.7 Å². The van der Waals surface area contributed by atoms with E-state index in [1.54, 1.807) is 11.0 Å². The van der Waals surface area contributed by atoms with E-state index in [1.165, 1.54) is 12.1 Å². The fourth-order valence-electron chi connectivity index (χ4n) is 1.82. The average Bonchev–Trinajstić information content (AvgIpc) is 2.38. The summed E-state index contributed by atoms with van der Waals surface area (Å²) in [7, 11) is 0. The van der Waals surface area contributed by atoms with E-state index in [1.807, 2.05) is 13.8 Å². The lowest BCUT2D eigenvalue weighted by atomic mass is 10.2. The lowest BCUT2D eigenvalue weighted by molar-refractivity contribution is -0.130. The fraction of sp³-hybridized carbons (Fsp3) is 0.500. The molecule has 0 unspecified atom stereocenters. The van der Waals surface area contributed by atoms with Gasteiger partial charge in [0.25, 0.3) is 0 Å². The van der Waals surface area contributed by atoms with Crippen LogP contribution in [0, 0.1) is 5.82 Å². The van der Waals surface area contributed by atoms with Gasteiger partial charge >= 0.3 is 0 Å². The number of carbonyl (C=O) groups is 1. The van der Waals surface area contributed by atoms with Crippen molar-refractivity contribution in [3.05, 3.63) is 34.6 Å². The van der Waals surface area contributed by atoms with Gasteiger partial charge in [-0.25, -0.2) is 4.39 Å². The van der Waals surface area contributed by atoms with Crippen LogP contribution < -0.4 is 5.32 Å². The minimum absolute atomic E-state index is 0.141. The van der Waals surface area contributed by atoms with Gasteiger partial charge in [0.15, 0.2) is 0 Å². The maximum Gasteiger partial charge on any atom is 0.223 e. The lowest BCUT2D eigenvalue weighted by Crippen LogP contribution is -2.32. The van der Waals surface area contributed by atoms with E-state index in [4.69, 9.17) is 11.6 Å². The SMILES string of the molecule is CCN(CC)C(=O)CCNCc1ccc(F)cc1Cl. The van der Waals surface area contributed by atoms with E-state index in [0.29, 0.717) is 24.5 Å². The number of nitrogens with zero attached hydrogens (tertiary/aromatic N) is 1. The van der Waals surface area contributed by atoms with Crippen LogP contribution >= 0.6 is 11.6 Å². The molecule has 0 aromatic heterocycles. The molecule has 0 spiro atoms. The van der Waals surface area contributed by atoms with Crippen molar-refractivity contribution in [1.82, 2.24) is 10.2 Å². The number of halogens is 2. The molecule has 0 heterocycles. The first kappa shape index (κ1) is 15.9. The molecule has 1 amide bonds. The fourth-order valence-corrected chi connectivity index (χ4v) is 2.05. The van der Waals surface area contributed by atoms with Crippen molar-refractivity contribution in [3.8, 4) is 0 Å². The molecule has 0 fully saturated rings. The highest BCUT2D eigenvalue weighted by Crippen LogP contribution is 2.16. The van der Waals surface area contributed by atoms with Crippen molar-refractivity contribution in [2.75, 3.05) is 19.6 Å². The van der Waals surface area contributed by atoms with E-state index in [0.717, 1.165) is 18.7 Å². The zero-order valence-electron chi connectivity index (χ0n) is 11.4. The first-order chi connectivity index (χ1) is 9.08. The molecule has 19 heavy (non-hydrogen) atoms. The number of nitrogens with one attached hydrogen (secondary N) is 1. The quantitative estimate of drug-likeness (QED) is 0.782. The minimum Gasteiger partial charge on any atom is -0.343 e. The molecule has 1 N–H and O–H groups in total. The highest BCUT2D eigenvalue weighted by Gasteiger charge is 2.08. The van der Waals surface area contributed by atoms with Gasteiger partial charge in [-0.05, 0) is 31.5 Å². The molecule has 0 bridgehead atoms. The van der Waals surface area contributed by atoms with Gasteiger partial charge < -0.3 is 10.2 Å². The molecular formula is C14H20ClFN2O. The molecule has 0 aliphatic carbocycles. The Morgan fingerprint density at radius 1 is 1.37 bits per heavy atom. The Kier molecular flexibility index (Phi) is 6.81. The molecule has 0 radical (unpaired) electrons. The Balaban J connectivity index is 2.33. The van der Waals surface area contributed by atoms with E-state index in [9.17, 15) is 9.18 Å². The van der Waals surface area contributed by atoms with Crippen molar-refractivity contribution < 1.29 is 9.18 Å². The van der Waals surface area contributed by atoms with E-state index >= 15 is 0 Å². The second-order valence-electron chi connectivity index (χ2n) is 4.23. The summed E-state index contributed by atoms with van der Waals surface area (Å²) in [6, 6.07) is 4.32. The molecule has 106 valence electrons. The summed E-state index contributed by atoms with van der Waals surface area (Å²) in [5.41, 5.74) is 0.832. The lowest BCUT2D eigenvalue weighted by Gasteiger charge is -2.18. The molecule has 5 heteroatoms. The standard InChI is InChI=1S/C14H20ClFN2O/c1-3-18(4-2)14(19)7-8-17-10-11-5-6-12(16)9-13(11)15/h5-6,9,17H,3-4,7-8,10H2,1-2H3. The molecule has 0 atom stereocenters. The van der Waals surface area contributed by atoms with Crippen LogP contribution in [-0.2, 0) is 11.3 Å². The number of hydrogen-bond donors (Lipinski definition) is 1. The van der Waals surface area contributed by atoms with Crippen LogP contribution in [0.4, 0.5) is 4.39 Å². The number of hydrogen-bond acceptors (Lipinski definition) is 2. The van der Waals surface area contributed by atoms with Gasteiger partial charge in [0, 0.05) is 37.6 Å². The number of amides is 1. The Hall–Kier alpha value is -1.13. The minimum atomic E-state index is -0.342. The van der Waals surface area contributed by atoms with Crippen molar-refractivity contribution in [2.24, 2.45) is 0 Å². The van der Waals surface area contributed by atoms with Gasteiger partial charge in [-0.2, -0.15) is 0 Å². The molecule has 1 aromatic rings. The molecule has 1 rings (SSSR count). The number of benzene rings is 1. The van der Waals surface area contributed by atoms with Crippen LogP contribution in [0.2, 0.25) is 5.02 Å². The van der Waals surface area contributed by atoms with Gasteiger partial charge in [0.1, 0.15) is 5.82 Å². The van der Waals surface area contributed by atoms with Crippen LogP contribution in [-0.4, -0.2) is 30.4 Å². The van der Waals surface area contributed by atoms with Crippen LogP contribution in [0.1, 0.15) is 25.8 Å². The first-order valence-corrected chi connectivity index (χ1v) is 6.88. The van der Waals surface area contributed by atoms with Crippen molar-refractivity contribution >= 4 is 17.5 Å². The first-order valence-electron chi connectivity index (χ1n) is 6.50. The summed E-state index contributed by atoms with van der Waals surface area (Å²) in [5, 5.41) is 3.55. The molecule has 0 saturated heterocycles. The Labute approximate surface area is 118 Å². The summed E-state index contributed by atoms with van der Waals surface area (Å²) in [4.78, 5) is 13.5. The Bertz CT molecular complexity index is 422. The number of rotatable bonds is 7. The zero-order valence-corrected chi connectivity index (χ0v) is 12.1. The summed E-state index contributed by atoms with van der Waals surface area (Å²) in [6.07, 6.45) is 0.459. The Morgan fingerprint density at radius 3 is 2.63 bits per heavy atom. The molecular weight excluding hydrogens is 267 g/mol. The largest absolute Gasteiger partial charge is 0.343 e.